The van der Waals surface area contributed by atoms with Crippen LogP contribution in [0.2, 0.25) is 0 Å². The SMILES string of the molecule is CC(=O)OC1C(=O)[C@]2(C)C(O)C[C@H]3OC[C@@]3(OC(C)=O)[C@H]2C(OC(=O)c2ccccc2)[C@]2(O)CC(OC(=O)C(O)C(NC(=O)c3ccccc3)c3ccccc3)C(C)=C1C2(C)C. The van der Waals surface area contributed by atoms with E-state index in [0.29, 0.717) is 5.56 Å². The number of carbonyl (C=O) groups is 6. The second-order valence-corrected chi connectivity index (χ2v) is 17.4. The molecule has 3 fully saturated rings. The summed E-state index contributed by atoms with van der Waals surface area (Å²) in [5, 5.41) is 40.2. The molecule has 3 aromatic carbocycles. The molecule has 0 spiro atoms. The molecular weight excluding hydrogens is 803 g/mol. The van der Waals surface area contributed by atoms with Crippen molar-refractivity contribution in [1.82, 2.24) is 5.32 Å². The van der Waals surface area contributed by atoms with Crippen LogP contribution < -0.4 is 5.32 Å². The summed E-state index contributed by atoms with van der Waals surface area (Å²) in [6, 6.07) is 22.9. The number of ketones is 1. The molecular formula is C47H51NO14. The van der Waals surface area contributed by atoms with E-state index in [1.807, 2.05) is 0 Å². The minimum absolute atomic E-state index is 0.00289. The molecule has 62 heavy (non-hydrogen) atoms. The Labute approximate surface area is 358 Å². The zero-order valence-corrected chi connectivity index (χ0v) is 35.2. The molecule has 1 amide bonds. The lowest BCUT2D eigenvalue weighted by atomic mass is 9.44. The number of hydrogen-bond donors (Lipinski definition) is 4. The number of esters is 4. The summed E-state index contributed by atoms with van der Waals surface area (Å²) in [5.74, 6) is -6.84. The van der Waals surface area contributed by atoms with Gasteiger partial charge in [-0.05, 0) is 54.8 Å². The van der Waals surface area contributed by atoms with Crippen LogP contribution in [0.4, 0.5) is 0 Å². The van der Waals surface area contributed by atoms with Gasteiger partial charge in [0.25, 0.3) is 5.91 Å². The number of aliphatic hydroxyl groups is 3. The predicted octanol–water partition coefficient (Wildman–Crippen LogP) is 3.74. The van der Waals surface area contributed by atoms with Crippen molar-refractivity contribution in [2.75, 3.05) is 6.61 Å². The first-order chi connectivity index (χ1) is 29.3. The summed E-state index contributed by atoms with van der Waals surface area (Å²) in [6.07, 6.45) is -10.5. The maximum absolute atomic E-state index is 15.5. The number of aliphatic hydroxyl groups excluding tert-OH is 2. The lowest BCUT2D eigenvalue weighted by Gasteiger charge is -2.67. The Morgan fingerprint density at radius 1 is 0.823 bits per heavy atom. The largest absolute Gasteiger partial charge is 0.456 e. The van der Waals surface area contributed by atoms with Gasteiger partial charge in [-0.15, -0.1) is 0 Å². The lowest BCUT2D eigenvalue weighted by molar-refractivity contribution is -0.346. The van der Waals surface area contributed by atoms with Crippen molar-refractivity contribution in [2.24, 2.45) is 16.7 Å². The number of ether oxygens (including phenoxy) is 5. The smallest absolute Gasteiger partial charge is 0.338 e. The number of hydrogen-bond acceptors (Lipinski definition) is 14. The molecule has 15 nitrogen and oxygen atoms in total. The van der Waals surface area contributed by atoms with E-state index in [4.69, 9.17) is 23.7 Å². The van der Waals surface area contributed by atoms with Crippen molar-refractivity contribution in [2.45, 2.75) is 108 Å². The van der Waals surface area contributed by atoms with Crippen LogP contribution in [0.25, 0.3) is 0 Å². The molecule has 2 saturated carbocycles. The minimum atomic E-state index is -2.39. The predicted molar refractivity (Wildman–Crippen MR) is 218 cm³/mol. The molecule has 3 aliphatic carbocycles. The Bertz CT molecular complexity index is 2280. The highest BCUT2D eigenvalue weighted by molar-refractivity contribution is 5.96. The fraction of sp³-hybridized carbons (Fsp3) is 0.447. The van der Waals surface area contributed by atoms with Crippen LogP contribution in [-0.2, 0) is 42.9 Å². The summed E-state index contributed by atoms with van der Waals surface area (Å²) in [6.45, 7) is 7.97. The lowest BCUT2D eigenvalue weighted by Crippen LogP contribution is -2.82. The fourth-order valence-electron chi connectivity index (χ4n) is 10.2. The highest BCUT2D eigenvalue weighted by Gasteiger charge is 2.78. The van der Waals surface area contributed by atoms with Crippen molar-refractivity contribution >= 4 is 35.6 Å². The number of amides is 1. The molecule has 0 aromatic heterocycles. The first-order valence-electron chi connectivity index (χ1n) is 20.5. The summed E-state index contributed by atoms with van der Waals surface area (Å²) in [7, 11) is 0. The first kappa shape index (κ1) is 44.3. The van der Waals surface area contributed by atoms with Crippen LogP contribution in [0.5, 0.6) is 0 Å². The van der Waals surface area contributed by atoms with Crippen LogP contribution in [-0.4, -0.2) is 105 Å². The van der Waals surface area contributed by atoms with Crippen molar-refractivity contribution < 1.29 is 67.8 Å². The van der Waals surface area contributed by atoms with E-state index < -0.39 is 113 Å². The Balaban J connectivity index is 1.39. The zero-order chi connectivity index (χ0) is 44.9. The monoisotopic (exact) mass is 853 g/mol. The normalized spacial score (nSPS) is 31.9. The van der Waals surface area contributed by atoms with Gasteiger partial charge in [-0.3, -0.25) is 19.2 Å². The van der Waals surface area contributed by atoms with E-state index >= 15 is 4.79 Å². The van der Waals surface area contributed by atoms with Gasteiger partial charge in [-0.25, -0.2) is 9.59 Å². The van der Waals surface area contributed by atoms with Crippen LogP contribution in [0.1, 0.15) is 86.7 Å². The maximum Gasteiger partial charge on any atom is 0.338 e. The molecule has 1 aliphatic heterocycles. The number of fused-ring (bicyclic) bond motifs is 5. The van der Waals surface area contributed by atoms with Crippen molar-refractivity contribution in [1.29, 1.82) is 0 Å². The van der Waals surface area contributed by atoms with Crippen LogP contribution in [0, 0.1) is 16.7 Å². The summed E-state index contributed by atoms with van der Waals surface area (Å²) in [5.41, 5.74) is -7.02. The highest BCUT2D eigenvalue weighted by atomic mass is 16.6. The molecule has 7 rings (SSSR count). The number of nitrogens with one attached hydrogen (secondary N) is 1. The summed E-state index contributed by atoms with van der Waals surface area (Å²) in [4.78, 5) is 83.5. The van der Waals surface area contributed by atoms with Gasteiger partial charge < -0.3 is 44.3 Å². The third kappa shape index (κ3) is 7.29. The quantitative estimate of drug-likeness (QED) is 0.130. The van der Waals surface area contributed by atoms with Crippen molar-refractivity contribution in [3.8, 4) is 0 Å². The van der Waals surface area contributed by atoms with E-state index in [1.165, 1.54) is 26.0 Å². The van der Waals surface area contributed by atoms with Gasteiger partial charge >= 0.3 is 23.9 Å². The molecule has 15 heteroatoms. The molecule has 328 valence electrons. The van der Waals surface area contributed by atoms with Crippen LogP contribution in [0.3, 0.4) is 0 Å². The first-order valence-corrected chi connectivity index (χ1v) is 20.5. The Morgan fingerprint density at radius 2 is 1.40 bits per heavy atom. The van der Waals surface area contributed by atoms with Gasteiger partial charge in [-0.1, -0.05) is 80.6 Å². The molecule has 0 radical (unpaired) electrons. The molecule has 4 aliphatic rings. The fourth-order valence-corrected chi connectivity index (χ4v) is 10.2. The third-order valence-electron chi connectivity index (χ3n) is 13.5. The van der Waals surface area contributed by atoms with Gasteiger partial charge in [0.2, 0.25) is 0 Å². The van der Waals surface area contributed by atoms with Gasteiger partial charge in [0, 0.05) is 37.7 Å². The van der Waals surface area contributed by atoms with Gasteiger partial charge in [0.15, 0.2) is 23.6 Å². The number of rotatable bonds is 10. The highest BCUT2D eigenvalue weighted by Crippen LogP contribution is 2.64. The maximum atomic E-state index is 15.5. The Morgan fingerprint density at radius 3 is 1.95 bits per heavy atom. The zero-order valence-electron chi connectivity index (χ0n) is 35.2. The molecule has 3 aromatic rings. The minimum Gasteiger partial charge on any atom is -0.456 e. The second-order valence-electron chi connectivity index (χ2n) is 17.4. The van der Waals surface area contributed by atoms with Crippen molar-refractivity contribution in [3.05, 3.63) is 119 Å². The van der Waals surface area contributed by atoms with Crippen molar-refractivity contribution in [3.63, 3.8) is 0 Å². The molecule has 1 saturated heterocycles. The van der Waals surface area contributed by atoms with Gasteiger partial charge in [0.05, 0.1) is 35.6 Å². The number of Topliss-reactive ketones (excluding diaryl/α,β-unsaturated/α-hetero) is 1. The molecule has 6 unspecified atom stereocenters. The topological polar surface area (TPSA) is 221 Å². The van der Waals surface area contributed by atoms with E-state index in [0.717, 1.165) is 13.8 Å². The molecule has 11 atom stereocenters. The van der Waals surface area contributed by atoms with E-state index in [1.54, 1.807) is 92.7 Å². The summed E-state index contributed by atoms with van der Waals surface area (Å²) < 4.78 is 30.3. The van der Waals surface area contributed by atoms with Gasteiger partial charge in [-0.2, -0.15) is 0 Å². The van der Waals surface area contributed by atoms with E-state index in [9.17, 15) is 39.3 Å². The Hall–Kier alpha value is -5.74. The number of carbonyl (C=O) groups excluding carboxylic acids is 6. The average molecular weight is 854 g/mol. The van der Waals surface area contributed by atoms with Gasteiger partial charge in [0.1, 0.15) is 23.9 Å². The van der Waals surface area contributed by atoms with E-state index in [2.05, 4.69) is 5.32 Å². The number of benzene rings is 3. The van der Waals surface area contributed by atoms with Crippen LogP contribution >= 0.6 is 0 Å². The average Bonchev–Trinajstić information content (AvgIpc) is 3.24. The van der Waals surface area contributed by atoms with Crippen LogP contribution in [0.15, 0.2) is 102 Å². The summed E-state index contributed by atoms with van der Waals surface area (Å²) >= 11 is 0. The Kier molecular flexibility index (Phi) is 11.8. The molecule has 2 bridgehead atoms. The van der Waals surface area contributed by atoms with E-state index in [-0.39, 0.29) is 35.3 Å². The molecule has 1 heterocycles. The standard InChI is InChI=1S/C47H51NO14/c1-25-31(60-43(56)36(52)35(28-16-10-7-11-17-28)48-41(54)29-18-12-8-13-19-29)23-47(57)40(61-42(55)30-20-14-9-15-21-30)38-45(6,32(51)22-33-46(38,24-58-33)62-27(3)50)39(53)37(59-26(2)49)34(25)44(47,4)5/h7-21,31-33,35-38,40,51-52,57H,22-24H2,1-6H3,(H,48,54)/t31?,32?,33-,35?,36?,37?,38+,40?,45-,46+,47-/m1/s1. The molecule has 4 N–H and O–H groups in total. The second kappa shape index (κ2) is 16.5. The third-order valence-corrected chi connectivity index (χ3v) is 13.5.